The number of hydrogen-bond donors (Lipinski definition) is 2. The van der Waals surface area contributed by atoms with E-state index in [1.165, 1.54) is 103 Å². The number of benzene rings is 1. The molecule has 6 nitrogen and oxygen atoms in total. The van der Waals surface area contributed by atoms with E-state index in [-0.39, 0.29) is 29.0 Å². The van der Waals surface area contributed by atoms with Crippen molar-refractivity contribution < 1.29 is 24.2 Å². The summed E-state index contributed by atoms with van der Waals surface area (Å²) in [6, 6.07) is 5.01. The highest BCUT2D eigenvalue weighted by molar-refractivity contribution is 5.76. The Morgan fingerprint density at radius 2 is 0.978 bits per heavy atom. The van der Waals surface area contributed by atoms with Gasteiger partial charge in [0.25, 0.3) is 0 Å². The van der Waals surface area contributed by atoms with E-state index in [9.17, 15) is 14.7 Å². The molecule has 0 fully saturated rings. The van der Waals surface area contributed by atoms with Crippen LogP contribution in [0.25, 0.3) is 0 Å². The van der Waals surface area contributed by atoms with Crippen LogP contribution in [0.2, 0.25) is 0 Å². The Bertz CT molecular complexity index is 909. The molecule has 266 valence electrons. The molecule has 1 aromatic rings. The molecule has 0 aliphatic heterocycles. The van der Waals surface area contributed by atoms with E-state index in [2.05, 4.69) is 19.2 Å². The van der Waals surface area contributed by atoms with Crippen LogP contribution in [-0.4, -0.2) is 29.1 Å². The number of β-amino-alcohol motifs (C(OH)–C–C–N with tert-alkyl or cyclic N) is 1. The molecule has 2 N–H and O–H groups in total. The number of nitrogens with one attached hydrogen (secondary N) is 1. The molecule has 0 saturated heterocycles. The van der Waals surface area contributed by atoms with Gasteiger partial charge in [-0.1, -0.05) is 148 Å². The number of esters is 2. The summed E-state index contributed by atoms with van der Waals surface area (Å²) in [7, 11) is 0. The minimum Gasteiger partial charge on any atom is -0.423 e. The third kappa shape index (κ3) is 23.4. The third-order valence-corrected chi connectivity index (χ3v) is 8.59. The Labute approximate surface area is 283 Å². The quantitative estimate of drug-likeness (QED) is 0.0512. The summed E-state index contributed by atoms with van der Waals surface area (Å²) in [5, 5.41) is 14.1. The Hall–Kier alpha value is -1.92. The average molecular weight is 646 g/mol. The molecule has 0 bridgehead atoms. The summed E-state index contributed by atoms with van der Waals surface area (Å²) in [5.74, 6) is -0.216. The van der Waals surface area contributed by atoms with Crippen molar-refractivity contribution in [3.05, 3.63) is 23.8 Å². The second-order valence-corrected chi connectivity index (χ2v) is 14.4. The number of aliphatic hydroxyl groups excluding tert-OH is 1. The SMILES string of the molecule is CCCCCCCCCCCCCC(=O)Oc1ccc(C(O)CNC(C)(C)C)cc1OC(=O)CCCCCCCCCCCCC. The van der Waals surface area contributed by atoms with Crippen LogP contribution in [0, 0.1) is 0 Å². The van der Waals surface area contributed by atoms with Crippen LogP contribution in [0.3, 0.4) is 0 Å². The third-order valence-electron chi connectivity index (χ3n) is 8.59. The molecule has 6 heteroatoms. The van der Waals surface area contributed by atoms with Gasteiger partial charge in [-0.3, -0.25) is 9.59 Å². The summed E-state index contributed by atoms with van der Waals surface area (Å²) < 4.78 is 11.4. The molecule has 0 aliphatic rings. The minimum atomic E-state index is -0.788. The van der Waals surface area contributed by atoms with Gasteiger partial charge in [0.2, 0.25) is 0 Å². The van der Waals surface area contributed by atoms with Gasteiger partial charge in [-0.05, 0) is 51.3 Å². The number of aliphatic hydroxyl groups is 1. The molecule has 1 unspecified atom stereocenters. The number of carbonyl (C=O) groups excluding carboxylic acids is 2. The topological polar surface area (TPSA) is 84.9 Å². The first-order valence-corrected chi connectivity index (χ1v) is 19.1. The average Bonchev–Trinajstić information content (AvgIpc) is 3.01. The van der Waals surface area contributed by atoms with Gasteiger partial charge in [0, 0.05) is 24.9 Å². The maximum atomic E-state index is 12.8. The molecule has 0 spiro atoms. The number of hydrogen-bond acceptors (Lipinski definition) is 6. The lowest BCUT2D eigenvalue weighted by Crippen LogP contribution is -2.38. The summed E-state index contributed by atoms with van der Waals surface area (Å²) in [6.45, 7) is 11.0. The predicted octanol–water partition coefficient (Wildman–Crippen LogP) is 11.3. The van der Waals surface area contributed by atoms with E-state index >= 15 is 0 Å². The molecule has 1 rings (SSSR count). The van der Waals surface area contributed by atoms with Gasteiger partial charge in [0.1, 0.15) is 0 Å². The first-order chi connectivity index (χ1) is 22.2. The predicted molar refractivity (Wildman–Crippen MR) is 193 cm³/mol. The van der Waals surface area contributed by atoms with Crippen LogP contribution in [0.4, 0.5) is 0 Å². The highest BCUT2D eigenvalue weighted by Gasteiger charge is 2.19. The lowest BCUT2D eigenvalue weighted by Gasteiger charge is -2.23. The van der Waals surface area contributed by atoms with Gasteiger partial charge >= 0.3 is 11.9 Å². The van der Waals surface area contributed by atoms with E-state index in [1.807, 2.05) is 20.8 Å². The van der Waals surface area contributed by atoms with Crippen molar-refractivity contribution in [3.63, 3.8) is 0 Å². The summed E-state index contributed by atoms with van der Waals surface area (Å²) in [6.07, 6.45) is 26.7. The number of carbonyl (C=O) groups is 2. The van der Waals surface area contributed by atoms with Gasteiger partial charge in [0.15, 0.2) is 11.5 Å². The molecule has 0 heterocycles. The maximum absolute atomic E-state index is 12.8. The number of ether oxygens (including phenoxy) is 2. The molecule has 46 heavy (non-hydrogen) atoms. The molecule has 1 aromatic carbocycles. The van der Waals surface area contributed by atoms with E-state index in [4.69, 9.17) is 9.47 Å². The zero-order chi connectivity index (χ0) is 33.9. The zero-order valence-corrected chi connectivity index (χ0v) is 30.6. The van der Waals surface area contributed by atoms with Crippen molar-refractivity contribution in [2.45, 2.75) is 200 Å². The van der Waals surface area contributed by atoms with Crippen LogP contribution in [0.5, 0.6) is 11.5 Å². The second kappa shape index (κ2) is 27.1. The van der Waals surface area contributed by atoms with E-state index < -0.39 is 6.10 Å². The van der Waals surface area contributed by atoms with Crippen molar-refractivity contribution in [1.29, 1.82) is 0 Å². The molecule has 0 aromatic heterocycles. The molecule has 0 amide bonds. The largest absolute Gasteiger partial charge is 0.423 e. The van der Waals surface area contributed by atoms with Gasteiger partial charge < -0.3 is 19.9 Å². The van der Waals surface area contributed by atoms with E-state index in [0.29, 0.717) is 24.9 Å². The Kier molecular flexibility index (Phi) is 24.8. The van der Waals surface area contributed by atoms with Crippen molar-refractivity contribution in [3.8, 4) is 11.5 Å². The summed E-state index contributed by atoms with van der Waals surface area (Å²) in [4.78, 5) is 25.5. The maximum Gasteiger partial charge on any atom is 0.311 e. The van der Waals surface area contributed by atoms with E-state index in [0.717, 1.165) is 38.5 Å². The van der Waals surface area contributed by atoms with Crippen LogP contribution >= 0.6 is 0 Å². The lowest BCUT2D eigenvalue weighted by molar-refractivity contribution is -0.137. The zero-order valence-electron chi connectivity index (χ0n) is 30.6. The molecular formula is C40H71NO5. The molecule has 1 atom stereocenters. The standard InChI is InChI=1S/C40H71NO5/c1-6-8-10-12-14-16-18-20-22-24-26-28-38(43)45-36-31-30-34(35(42)33-41-40(3,4)5)32-37(36)46-39(44)29-27-25-23-21-19-17-15-13-11-9-7-2/h30-32,35,41-42H,6-29,33H2,1-5H3. The smallest absolute Gasteiger partial charge is 0.311 e. The normalized spacial score (nSPS) is 12.3. The first-order valence-electron chi connectivity index (χ1n) is 19.1. The Balaban J connectivity index is 2.53. The molecular weight excluding hydrogens is 574 g/mol. The summed E-state index contributed by atoms with van der Waals surface area (Å²) in [5.41, 5.74) is 0.466. The van der Waals surface area contributed by atoms with Crippen LogP contribution in [0.1, 0.15) is 200 Å². The molecule has 0 saturated carbocycles. The first kappa shape index (κ1) is 42.1. The van der Waals surface area contributed by atoms with Gasteiger partial charge in [-0.2, -0.15) is 0 Å². The van der Waals surface area contributed by atoms with Crippen LogP contribution < -0.4 is 14.8 Å². The second-order valence-electron chi connectivity index (χ2n) is 14.4. The number of rotatable bonds is 29. The summed E-state index contributed by atoms with van der Waals surface area (Å²) >= 11 is 0. The minimum absolute atomic E-state index is 0.144. The van der Waals surface area contributed by atoms with Crippen molar-refractivity contribution >= 4 is 11.9 Å². The fraction of sp³-hybridized carbons (Fsp3) is 0.800. The lowest BCUT2D eigenvalue weighted by atomic mass is 10.1. The highest BCUT2D eigenvalue weighted by atomic mass is 16.6. The highest BCUT2D eigenvalue weighted by Crippen LogP contribution is 2.32. The van der Waals surface area contributed by atoms with Crippen molar-refractivity contribution in [2.24, 2.45) is 0 Å². The number of unbranched alkanes of at least 4 members (excludes halogenated alkanes) is 20. The van der Waals surface area contributed by atoms with Crippen molar-refractivity contribution in [2.75, 3.05) is 6.54 Å². The Morgan fingerprint density at radius 3 is 1.37 bits per heavy atom. The van der Waals surface area contributed by atoms with Gasteiger partial charge in [-0.25, -0.2) is 0 Å². The fourth-order valence-electron chi connectivity index (χ4n) is 5.63. The van der Waals surface area contributed by atoms with Gasteiger partial charge in [-0.15, -0.1) is 0 Å². The molecule has 0 radical (unpaired) electrons. The van der Waals surface area contributed by atoms with Crippen LogP contribution in [-0.2, 0) is 9.59 Å². The fourth-order valence-corrected chi connectivity index (χ4v) is 5.63. The van der Waals surface area contributed by atoms with E-state index in [1.54, 1.807) is 18.2 Å². The van der Waals surface area contributed by atoms with Crippen molar-refractivity contribution in [1.82, 2.24) is 5.32 Å². The van der Waals surface area contributed by atoms with Gasteiger partial charge in [0.05, 0.1) is 6.10 Å². The van der Waals surface area contributed by atoms with Crippen LogP contribution in [0.15, 0.2) is 18.2 Å². The Morgan fingerprint density at radius 1 is 0.609 bits per heavy atom. The monoisotopic (exact) mass is 646 g/mol. The molecule has 0 aliphatic carbocycles.